The summed E-state index contributed by atoms with van der Waals surface area (Å²) in [6, 6.07) is -0.328. The highest BCUT2D eigenvalue weighted by Gasteiger charge is 2.62. The molecule has 2 fully saturated rings. The first-order valence-electron chi connectivity index (χ1n) is 5.83. The van der Waals surface area contributed by atoms with Gasteiger partial charge in [0.25, 0.3) is 0 Å². The zero-order valence-electron chi connectivity index (χ0n) is 9.74. The smallest absolute Gasteiger partial charge is 0.0787 e. The van der Waals surface area contributed by atoms with E-state index in [4.69, 9.17) is 0 Å². The Morgan fingerprint density at radius 3 is 2.38 bits per heavy atom. The van der Waals surface area contributed by atoms with Crippen molar-refractivity contribution in [2.75, 3.05) is 19.8 Å². The molecule has 0 aromatic rings. The number of rotatable bonds is 2. The lowest BCUT2D eigenvalue weighted by Gasteiger charge is -2.35. The van der Waals surface area contributed by atoms with Crippen molar-refractivity contribution >= 4 is 0 Å². The van der Waals surface area contributed by atoms with Crippen molar-refractivity contribution in [2.45, 2.75) is 37.6 Å². The van der Waals surface area contributed by atoms with Crippen LogP contribution in [0.2, 0.25) is 0 Å². The first-order valence-corrected chi connectivity index (χ1v) is 5.83. The van der Waals surface area contributed by atoms with Crippen LogP contribution in [-0.2, 0) is 0 Å². The molecular formula is C11H21NO4. The van der Waals surface area contributed by atoms with Gasteiger partial charge in [-0.15, -0.1) is 0 Å². The molecule has 4 N–H and O–H groups in total. The van der Waals surface area contributed by atoms with Crippen LogP contribution in [0, 0.1) is 11.8 Å². The summed E-state index contributed by atoms with van der Waals surface area (Å²) in [4.78, 5) is 1.95. The van der Waals surface area contributed by atoms with Crippen LogP contribution in [0.4, 0.5) is 0 Å². The summed E-state index contributed by atoms with van der Waals surface area (Å²) in [5, 5.41) is 38.8. The molecule has 0 saturated carbocycles. The van der Waals surface area contributed by atoms with Crippen molar-refractivity contribution in [1.29, 1.82) is 0 Å². The quantitative estimate of drug-likeness (QED) is 0.460. The molecule has 2 rings (SSSR count). The lowest BCUT2D eigenvalue weighted by Crippen LogP contribution is -2.49. The Morgan fingerprint density at radius 2 is 1.88 bits per heavy atom. The molecule has 94 valence electrons. The van der Waals surface area contributed by atoms with Crippen LogP contribution in [0.15, 0.2) is 0 Å². The molecule has 6 atom stereocenters. The van der Waals surface area contributed by atoms with E-state index in [-0.39, 0.29) is 31.1 Å². The van der Waals surface area contributed by atoms with Crippen molar-refractivity contribution in [3.63, 3.8) is 0 Å². The summed E-state index contributed by atoms with van der Waals surface area (Å²) < 4.78 is 0. The molecule has 0 spiro atoms. The third kappa shape index (κ3) is 1.29. The SMILES string of the molecule is C[C@@H]1[C@H](O)[C@H](CO)N2C[C@@H](CO)[C@H](O)[C@]12C. The maximum atomic E-state index is 10.2. The second-order valence-corrected chi connectivity index (χ2v) is 5.29. The standard InChI is InChI=1S/C11H21NO4/c1-6-9(15)8(5-14)12-3-7(4-13)10(16)11(6,12)2/h6-10,13-16H,3-5H2,1-2H3/t6-,7+,8+,9+,10+,11+/m1/s1. The lowest BCUT2D eigenvalue weighted by molar-refractivity contribution is 0.00217. The highest BCUT2D eigenvalue weighted by atomic mass is 16.3. The second-order valence-electron chi connectivity index (χ2n) is 5.29. The van der Waals surface area contributed by atoms with Crippen LogP contribution in [0.25, 0.3) is 0 Å². The monoisotopic (exact) mass is 231 g/mol. The average molecular weight is 231 g/mol. The molecule has 2 heterocycles. The maximum Gasteiger partial charge on any atom is 0.0787 e. The maximum absolute atomic E-state index is 10.2. The van der Waals surface area contributed by atoms with E-state index in [0.29, 0.717) is 6.54 Å². The Balaban J connectivity index is 2.32. The fourth-order valence-corrected chi connectivity index (χ4v) is 3.45. The van der Waals surface area contributed by atoms with E-state index in [1.165, 1.54) is 0 Å². The molecule has 2 aliphatic rings. The minimum absolute atomic E-state index is 0.0613. The number of fused-ring (bicyclic) bond motifs is 1. The summed E-state index contributed by atoms with van der Waals surface area (Å²) in [7, 11) is 0. The van der Waals surface area contributed by atoms with Crippen LogP contribution >= 0.6 is 0 Å². The van der Waals surface area contributed by atoms with Crippen molar-refractivity contribution in [3.05, 3.63) is 0 Å². The number of nitrogens with zero attached hydrogens (tertiary/aromatic N) is 1. The Hall–Kier alpha value is -0.200. The number of hydrogen-bond acceptors (Lipinski definition) is 5. The summed E-state index contributed by atoms with van der Waals surface area (Å²) in [5.41, 5.74) is -0.541. The van der Waals surface area contributed by atoms with Crippen molar-refractivity contribution in [1.82, 2.24) is 4.90 Å². The number of hydrogen-bond donors (Lipinski definition) is 4. The van der Waals surface area contributed by atoms with E-state index in [1.54, 1.807) is 0 Å². The summed E-state index contributed by atoms with van der Waals surface area (Å²) in [6.45, 7) is 4.13. The van der Waals surface area contributed by atoms with Crippen LogP contribution in [0.1, 0.15) is 13.8 Å². The molecule has 0 radical (unpaired) electrons. The van der Waals surface area contributed by atoms with Gasteiger partial charge in [-0.2, -0.15) is 0 Å². The van der Waals surface area contributed by atoms with E-state index in [2.05, 4.69) is 0 Å². The summed E-state index contributed by atoms with van der Waals surface area (Å²) >= 11 is 0. The molecular weight excluding hydrogens is 210 g/mol. The van der Waals surface area contributed by atoms with Gasteiger partial charge in [0.1, 0.15) is 0 Å². The van der Waals surface area contributed by atoms with Gasteiger partial charge in [0.05, 0.1) is 24.9 Å². The van der Waals surface area contributed by atoms with Crippen LogP contribution in [0.5, 0.6) is 0 Å². The highest BCUT2D eigenvalue weighted by molar-refractivity contribution is 5.15. The third-order valence-corrected chi connectivity index (χ3v) is 4.75. The Bertz CT molecular complexity index is 267. The van der Waals surface area contributed by atoms with E-state index in [1.807, 2.05) is 18.7 Å². The Kier molecular flexibility index (Phi) is 3.01. The van der Waals surface area contributed by atoms with Gasteiger partial charge in [0.15, 0.2) is 0 Å². The van der Waals surface area contributed by atoms with Gasteiger partial charge < -0.3 is 20.4 Å². The van der Waals surface area contributed by atoms with Crippen LogP contribution < -0.4 is 0 Å². The Morgan fingerprint density at radius 1 is 1.25 bits per heavy atom. The van der Waals surface area contributed by atoms with Gasteiger partial charge in [-0.3, -0.25) is 4.90 Å². The van der Waals surface area contributed by atoms with Gasteiger partial charge in [-0.25, -0.2) is 0 Å². The molecule has 5 nitrogen and oxygen atoms in total. The summed E-state index contributed by atoms with van der Waals surface area (Å²) in [5.74, 6) is -0.301. The third-order valence-electron chi connectivity index (χ3n) is 4.75. The molecule has 0 unspecified atom stereocenters. The fourth-order valence-electron chi connectivity index (χ4n) is 3.45. The van der Waals surface area contributed by atoms with Crippen LogP contribution in [-0.4, -0.2) is 68.9 Å². The van der Waals surface area contributed by atoms with Gasteiger partial charge in [-0.1, -0.05) is 6.92 Å². The molecule has 2 saturated heterocycles. The fraction of sp³-hybridized carbons (Fsp3) is 1.00. The normalized spacial score (nSPS) is 53.2. The van der Waals surface area contributed by atoms with E-state index < -0.39 is 17.7 Å². The number of aliphatic hydroxyl groups excluding tert-OH is 4. The minimum atomic E-state index is -0.654. The zero-order chi connectivity index (χ0) is 12.1. The predicted octanol–water partition coefficient (Wildman–Crippen LogP) is -1.60. The van der Waals surface area contributed by atoms with Crippen molar-refractivity contribution in [2.24, 2.45) is 11.8 Å². The topological polar surface area (TPSA) is 84.2 Å². The van der Waals surface area contributed by atoms with Crippen LogP contribution in [0.3, 0.4) is 0 Å². The average Bonchev–Trinajstić information content (AvgIpc) is 2.63. The van der Waals surface area contributed by atoms with Gasteiger partial charge >= 0.3 is 0 Å². The molecule has 0 bridgehead atoms. The molecule has 2 aliphatic heterocycles. The highest BCUT2D eigenvalue weighted by Crippen LogP contribution is 2.47. The minimum Gasteiger partial charge on any atom is -0.396 e. The van der Waals surface area contributed by atoms with Gasteiger partial charge in [-0.05, 0) is 6.92 Å². The van der Waals surface area contributed by atoms with E-state index >= 15 is 0 Å². The van der Waals surface area contributed by atoms with E-state index in [0.717, 1.165) is 0 Å². The summed E-state index contributed by atoms with van der Waals surface area (Å²) in [6.07, 6.45) is -1.28. The Labute approximate surface area is 95.3 Å². The zero-order valence-corrected chi connectivity index (χ0v) is 9.74. The lowest BCUT2D eigenvalue weighted by atomic mass is 9.80. The van der Waals surface area contributed by atoms with Crippen molar-refractivity contribution < 1.29 is 20.4 Å². The molecule has 16 heavy (non-hydrogen) atoms. The molecule has 0 aromatic heterocycles. The van der Waals surface area contributed by atoms with Crippen molar-refractivity contribution in [3.8, 4) is 0 Å². The predicted molar refractivity (Wildman–Crippen MR) is 57.7 cm³/mol. The molecule has 0 amide bonds. The first kappa shape index (κ1) is 12.3. The molecule has 0 aromatic carbocycles. The molecule has 0 aliphatic carbocycles. The number of aliphatic hydroxyl groups is 4. The van der Waals surface area contributed by atoms with Gasteiger partial charge in [0.2, 0.25) is 0 Å². The largest absolute Gasteiger partial charge is 0.396 e. The molecule has 5 heteroatoms. The second kappa shape index (κ2) is 3.92. The first-order chi connectivity index (χ1) is 7.48. The van der Waals surface area contributed by atoms with Gasteiger partial charge in [0, 0.05) is 30.5 Å². The van der Waals surface area contributed by atoms with E-state index in [9.17, 15) is 20.4 Å².